The van der Waals surface area contributed by atoms with Gasteiger partial charge in [-0.25, -0.2) is 8.78 Å². The van der Waals surface area contributed by atoms with Crippen molar-refractivity contribution in [2.45, 2.75) is 50.9 Å². The maximum atomic E-state index is 12.7. The van der Waals surface area contributed by atoms with Crippen LogP contribution >= 0.6 is 0 Å². The Bertz CT molecular complexity index is 471. The molecule has 0 spiro atoms. The molecule has 0 aliphatic heterocycles. The zero-order valence-corrected chi connectivity index (χ0v) is 10.7. The van der Waals surface area contributed by atoms with E-state index in [1.807, 2.05) is 0 Å². The minimum atomic E-state index is -4.66. The summed E-state index contributed by atoms with van der Waals surface area (Å²) in [6, 6.07) is 0.821. The third-order valence-electron chi connectivity index (χ3n) is 3.65. The Labute approximate surface area is 112 Å². The second-order valence-corrected chi connectivity index (χ2v) is 5.23. The van der Waals surface area contributed by atoms with Crippen molar-refractivity contribution >= 4 is 0 Å². The molecule has 0 amide bonds. The summed E-state index contributed by atoms with van der Waals surface area (Å²) in [6.45, 7) is 0.915. The summed E-state index contributed by atoms with van der Waals surface area (Å²) in [5.41, 5.74) is -1.04. The first-order valence-corrected chi connectivity index (χ1v) is 6.29. The molecule has 0 bridgehead atoms. The molecule has 114 valence electrons. The van der Waals surface area contributed by atoms with Gasteiger partial charge in [0.2, 0.25) is 0 Å². The summed E-state index contributed by atoms with van der Waals surface area (Å²) in [6.07, 6.45) is -7.34. The first-order valence-electron chi connectivity index (χ1n) is 6.29. The fourth-order valence-electron chi connectivity index (χ4n) is 2.77. The van der Waals surface area contributed by atoms with E-state index in [1.165, 1.54) is 0 Å². The summed E-state index contributed by atoms with van der Waals surface area (Å²) in [7, 11) is 0. The molecule has 3 atom stereocenters. The number of aliphatic hydroxyl groups is 1. The van der Waals surface area contributed by atoms with Gasteiger partial charge in [-0.15, -0.1) is 0 Å². The summed E-state index contributed by atoms with van der Waals surface area (Å²) in [5.74, 6) is -0.452. The highest BCUT2D eigenvalue weighted by molar-refractivity contribution is 5.19. The lowest BCUT2D eigenvalue weighted by atomic mass is 9.94. The van der Waals surface area contributed by atoms with Crippen molar-refractivity contribution in [1.29, 1.82) is 0 Å². The molecule has 0 radical (unpaired) electrons. The highest BCUT2D eigenvalue weighted by Gasteiger charge is 2.39. The van der Waals surface area contributed by atoms with E-state index in [2.05, 4.69) is 5.10 Å². The van der Waals surface area contributed by atoms with Crippen molar-refractivity contribution in [1.82, 2.24) is 9.78 Å². The molecule has 1 N–H and O–H groups in total. The zero-order chi connectivity index (χ0) is 15.1. The lowest BCUT2D eigenvalue weighted by Crippen LogP contribution is -2.16. The molecule has 0 aromatic carbocycles. The number of aliphatic hydroxyl groups excluding tert-OH is 1. The van der Waals surface area contributed by atoms with Gasteiger partial charge in [0.05, 0.1) is 6.10 Å². The van der Waals surface area contributed by atoms with Crippen LogP contribution in [0.5, 0.6) is 0 Å². The Morgan fingerprint density at radius 3 is 2.50 bits per heavy atom. The van der Waals surface area contributed by atoms with Gasteiger partial charge in [-0.05, 0) is 24.8 Å². The molecule has 3 nitrogen and oxygen atoms in total. The van der Waals surface area contributed by atoms with Crippen molar-refractivity contribution in [2.24, 2.45) is 5.92 Å². The summed E-state index contributed by atoms with van der Waals surface area (Å²) in [4.78, 5) is 0. The fraction of sp³-hybridized carbons (Fsp3) is 0.750. The third kappa shape index (κ3) is 3.11. The van der Waals surface area contributed by atoms with Crippen LogP contribution in [0.1, 0.15) is 37.1 Å². The first kappa shape index (κ1) is 15.2. The molecule has 1 aromatic heterocycles. The average molecular weight is 298 g/mol. The summed E-state index contributed by atoms with van der Waals surface area (Å²) < 4.78 is 63.7. The Balaban J connectivity index is 2.37. The SMILES string of the molecule is CC1CC(O)CC1c1cc(C(F)(F)F)nn1CC(F)F. The van der Waals surface area contributed by atoms with Gasteiger partial charge in [0.25, 0.3) is 6.43 Å². The van der Waals surface area contributed by atoms with Crippen molar-refractivity contribution in [2.75, 3.05) is 0 Å². The largest absolute Gasteiger partial charge is 0.435 e. The van der Waals surface area contributed by atoms with E-state index >= 15 is 0 Å². The van der Waals surface area contributed by atoms with Crippen molar-refractivity contribution in [3.05, 3.63) is 17.5 Å². The van der Waals surface area contributed by atoms with E-state index in [4.69, 9.17) is 0 Å². The Hall–Kier alpha value is -1.18. The summed E-state index contributed by atoms with van der Waals surface area (Å²) in [5, 5.41) is 12.8. The minimum Gasteiger partial charge on any atom is -0.393 e. The molecule has 1 aliphatic carbocycles. The molecule has 0 saturated heterocycles. The number of aromatic nitrogens is 2. The van der Waals surface area contributed by atoms with Crippen LogP contribution in [0.15, 0.2) is 6.07 Å². The third-order valence-corrected chi connectivity index (χ3v) is 3.65. The number of rotatable bonds is 3. The van der Waals surface area contributed by atoms with E-state index in [-0.39, 0.29) is 24.0 Å². The smallest absolute Gasteiger partial charge is 0.393 e. The van der Waals surface area contributed by atoms with E-state index in [0.717, 1.165) is 10.7 Å². The second-order valence-electron chi connectivity index (χ2n) is 5.23. The lowest BCUT2D eigenvalue weighted by Gasteiger charge is -2.16. The van der Waals surface area contributed by atoms with E-state index < -0.39 is 30.9 Å². The van der Waals surface area contributed by atoms with Crippen molar-refractivity contribution in [3.63, 3.8) is 0 Å². The van der Waals surface area contributed by atoms with Gasteiger partial charge in [-0.2, -0.15) is 18.3 Å². The molecule has 1 aromatic rings. The van der Waals surface area contributed by atoms with Crippen molar-refractivity contribution in [3.8, 4) is 0 Å². The highest BCUT2D eigenvalue weighted by atomic mass is 19.4. The van der Waals surface area contributed by atoms with Crippen LogP contribution in [0.4, 0.5) is 22.0 Å². The Morgan fingerprint density at radius 1 is 1.40 bits per heavy atom. The quantitative estimate of drug-likeness (QED) is 0.871. The molecule has 1 heterocycles. The Kier molecular flexibility index (Phi) is 4.04. The molecule has 1 fully saturated rings. The maximum absolute atomic E-state index is 12.7. The van der Waals surface area contributed by atoms with Crippen molar-refractivity contribution < 1.29 is 27.1 Å². The molecule has 3 unspecified atom stereocenters. The second kappa shape index (κ2) is 5.31. The van der Waals surface area contributed by atoms with E-state index in [0.29, 0.717) is 6.42 Å². The van der Waals surface area contributed by atoms with Gasteiger partial charge in [0.1, 0.15) is 6.54 Å². The van der Waals surface area contributed by atoms with Crippen LogP contribution in [0.2, 0.25) is 0 Å². The molecule has 1 saturated carbocycles. The molecule has 8 heteroatoms. The van der Waals surface area contributed by atoms with Gasteiger partial charge in [0, 0.05) is 11.6 Å². The average Bonchev–Trinajstić information content (AvgIpc) is 2.80. The predicted molar refractivity (Wildman–Crippen MR) is 60.4 cm³/mol. The van der Waals surface area contributed by atoms with Gasteiger partial charge in [-0.1, -0.05) is 6.92 Å². The monoisotopic (exact) mass is 298 g/mol. The van der Waals surface area contributed by atoms with Crippen LogP contribution in [-0.4, -0.2) is 27.4 Å². The number of hydrogen-bond donors (Lipinski definition) is 1. The molecule has 20 heavy (non-hydrogen) atoms. The number of nitrogens with zero attached hydrogens (tertiary/aromatic N) is 2. The number of hydrogen-bond acceptors (Lipinski definition) is 2. The normalized spacial score (nSPS) is 27.5. The van der Waals surface area contributed by atoms with Crippen LogP contribution in [-0.2, 0) is 12.7 Å². The first-order chi connectivity index (χ1) is 9.18. The van der Waals surface area contributed by atoms with Gasteiger partial charge in [-0.3, -0.25) is 4.68 Å². The van der Waals surface area contributed by atoms with Crippen LogP contribution < -0.4 is 0 Å². The van der Waals surface area contributed by atoms with Gasteiger partial charge >= 0.3 is 6.18 Å². The highest BCUT2D eigenvalue weighted by Crippen LogP contribution is 2.41. The summed E-state index contributed by atoms with van der Waals surface area (Å²) >= 11 is 0. The van der Waals surface area contributed by atoms with Crippen LogP contribution in [0.25, 0.3) is 0 Å². The molecule has 1 aliphatic rings. The predicted octanol–water partition coefficient (Wildman–Crippen LogP) is 3.04. The van der Waals surface area contributed by atoms with Gasteiger partial charge in [0.15, 0.2) is 5.69 Å². The van der Waals surface area contributed by atoms with Crippen LogP contribution in [0.3, 0.4) is 0 Å². The molecular formula is C12H15F5N2O. The van der Waals surface area contributed by atoms with Crippen LogP contribution in [0, 0.1) is 5.92 Å². The maximum Gasteiger partial charge on any atom is 0.435 e. The minimum absolute atomic E-state index is 0.0702. The Morgan fingerprint density at radius 2 is 2.05 bits per heavy atom. The van der Waals surface area contributed by atoms with E-state index in [1.54, 1.807) is 6.92 Å². The topological polar surface area (TPSA) is 38.1 Å². The number of alkyl halides is 5. The zero-order valence-electron chi connectivity index (χ0n) is 10.7. The molecular weight excluding hydrogens is 283 g/mol. The fourth-order valence-corrected chi connectivity index (χ4v) is 2.77. The number of halogens is 5. The molecule has 2 rings (SSSR count). The standard InChI is InChI=1S/C12H15F5N2O/c1-6-2-7(20)3-8(6)9-4-10(12(15,16)17)18-19(9)5-11(13)14/h4,6-8,11,20H,2-3,5H2,1H3. The van der Waals surface area contributed by atoms with Gasteiger partial charge < -0.3 is 5.11 Å². The lowest BCUT2D eigenvalue weighted by molar-refractivity contribution is -0.141. The van der Waals surface area contributed by atoms with E-state index in [9.17, 15) is 27.1 Å².